The summed E-state index contributed by atoms with van der Waals surface area (Å²) in [5.41, 5.74) is 3.11. The molecule has 1 aliphatic rings. The molecule has 2 aromatic rings. The molecule has 0 saturated carbocycles. The van der Waals surface area contributed by atoms with Gasteiger partial charge in [-0.05, 0) is 29.2 Å². The van der Waals surface area contributed by atoms with Crippen LogP contribution in [-0.4, -0.2) is 48.5 Å². The number of ether oxygens (including phenoxy) is 1. The highest BCUT2D eigenvalue weighted by atomic mass is 16.5. The fourth-order valence-electron chi connectivity index (χ4n) is 3.34. The molecular weight excluding hydrogens is 350 g/mol. The molecule has 0 aromatic heterocycles. The number of hydrogen-bond acceptors (Lipinski definition) is 4. The summed E-state index contributed by atoms with van der Waals surface area (Å²) in [6.45, 7) is 8.39. The third-order valence-corrected chi connectivity index (χ3v) is 5.14. The van der Waals surface area contributed by atoms with E-state index in [1.807, 2.05) is 4.90 Å². The standard InChI is InChI=1S/C23H27N3O2/c1-18(2)20-9-7-19(8-10-20)16-25-11-13-26(14-12-25)23(27)17-28-22-6-4-3-5-21(22)15-24/h3-10,18H,11-14,16-17H2,1-2H3. The molecule has 3 rings (SSSR count). The molecular formula is C23H27N3O2. The first-order valence-corrected chi connectivity index (χ1v) is 9.77. The van der Waals surface area contributed by atoms with Gasteiger partial charge < -0.3 is 9.64 Å². The molecule has 5 heteroatoms. The zero-order valence-electron chi connectivity index (χ0n) is 16.6. The van der Waals surface area contributed by atoms with Crippen LogP contribution in [0.15, 0.2) is 48.5 Å². The molecule has 1 fully saturated rings. The van der Waals surface area contributed by atoms with Crippen LogP contribution in [0.25, 0.3) is 0 Å². The fourth-order valence-corrected chi connectivity index (χ4v) is 3.34. The predicted molar refractivity (Wildman–Crippen MR) is 109 cm³/mol. The Hall–Kier alpha value is -2.84. The maximum atomic E-state index is 12.4. The summed E-state index contributed by atoms with van der Waals surface area (Å²) in [7, 11) is 0. The van der Waals surface area contributed by atoms with Crippen LogP contribution in [0.4, 0.5) is 0 Å². The maximum Gasteiger partial charge on any atom is 0.260 e. The molecule has 0 radical (unpaired) electrons. The molecule has 2 aromatic carbocycles. The van der Waals surface area contributed by atoms with Crippen LogP contribution in [0.3, 0.4) is 0 Å². The Morgan fingerprint density at radius 3 is 2.39 bits per heavy atom. The van der Waals surface area contributed by atoms with Gasteiger partial charge in [0.25, 0.3) is 5.91 Å². The van der Waals surface area contributed by atoms with Crippen molar-refractivity contribution in [2.75, 3.05) is 32.8 Å². The number of amides is 1. The zero-order chi connectivity index (χ0) is 19.9. The van der Waals surface area contributed by atoms with Crippen molar-refractivity contribution in [2.45, 2.75) is 26.3 Å². The van der Waals surface area contributed by atoms with Crippen molar-refractivity contribution in [1.82, 2.24) is 9.80 Å². The second-order valence-corrected chi connectivity index (χ2v) is 7.45. The predicted octanol–water partition coefficient (Wildman–Crippen LogP) is 3.40. The molecule has 0 aliphatic carbocycles. The molecule has 1 saturated heterocycles. The monoisotopic (exact) mass is 377 g/mol. The number of para-hydroxylation sites is 1. The third-order valence-electron chi connectivity index (χ3n) is 5.14. The third kappa shape index (κ3) is 5.11. The molecule has 1 heterocycles. The van der Waals surface area contributed by atoms with Crippen LogP contribution < -0.4 is 4.74 Å². The van der Waals surface area contributed by atoms with Gasteiger partial charge in [-0.15, -0.1) is 0 Å². The van der Waals surface area contributed by atoms with E-state index < -0.39 is 0 Å². The average molecular weight is 377 g/mol. The van der Waals surface area contributed by atoms with Gasteiger partial charge in [0.1, 0.15) is 11.8 Å². The van der Waals surface area contributed by atoms with Crippen LogP contribution in [-0.2, 0) is 11.3 Å². The maximum absolute atomic E-state index is 12.4. The lowest BCUT2D eigenvalue weighted by Gasteiger charge is -2.34. The Bertz CT molecular complexity index is 832. The van der Waals surface area contributed by atoms with Crippen molar-refractivity contribution in [3.63, 3.8) is 0 Å². The number of piperazine rings is 1. The number of nitrogens with zero attached hydrogens (tertiary/aromatic N) is 3. The van der Waals surface area contributed by atoms with Gasteiger partial charge in [-0.2, -0.15) is 5.26 Å². The van der Waals surface area contributed by atoms with Gasteiger partial charge in [0.2, 0.25) is 0 Å². The second kappa shape index (κ2) is 9.38. The number of hydrogen-bond donors (Lipinski definition) is 0. The SMILES string of the molecule is CC(C)c1ccc(CN2CCN(C(=O)COc3ccccc3C#N)CC2)cc1. The molecule has 146 valence electrons. The lowest BCUT2D eigenvalue weighted by Crippen LogP contribution is -2.49. The highest BCUT2D eigenvalue weighted by Crippen LogP contribution is 2.18. The lowest BCUT2D eigenvalue weighted by molar-refractivity contribution is -0.135. The van der Waals surface area contributed by atoms with E-state index in [1.165, 1.54) is 11.1 Å². The number of nitriles is 1. The molecule has 0 unspecified atom stereocenters. The van der Waals surface area contributed by atoms with E-state index in [2.05, 4.69) is 49.1 Å². The van der Waals surface area contributed by atoms with Crippen molar-refractivity contribution in [1.29, 1.82) is 5.26 Å². The Morgan fingerprint density at radius 1 is 1.07 bits per heavy atom. The molecule has 0 N–H and O–H groups in total. The van der Waals surface area contributed by atoms with Crippen LogP contribution in [0, 0.1) is 11.3 Å². The van der Waals surface area contributed by atoms with E-state index in [9.17, 15) is 4.79 Å². The minimum atomic E-state index is -0.0336. The Labute approximate surface area is 167 Å². The summed E-state index contributed by atoms with van der Waals surface area (Å²) in [4.78, 5) is 16.7. The van der Waals surface area contributed by atoms with Gasteiger partial charge in [-0.3, -0.25) is 9.69 Å². The van der Waals surface area contributed by atoms with E-state index in [1.54, 1.807) is 24.3 Å². The molecule has 0 bridgehead atoms. The van der Waals surface area contributed by atoms with E-state index in [-0.39, 0.29) is 12.5 Å². The molecule has 0 spiro atoms. The number of rotatable bonds is 6. The van der Waals surface area contributed by atoms with Crippen LogP contribution in [0.1, 0.15) is 36.5 Å². The summed E-state index contributed by atoms with van der Waals surface area (Å²) < 4.78 is 5.57. The van der Waals surface area contributed by atoms with Crippen molar-refractivity contribution >= 4 is 5.91 Å². The topological polar surface area (TPSA) is 56.6 Å². The van der Waals surface area contributed by atoms with Crippen LogP contribution in [0.5, 0.6) is 5.75 Å². The number of carbonyl (C=O) groups is 1. The van der Waals surface area contributed by atoms with Gasteiger partial charge >= 0.3 is 0 Å². The molecule has 28 heavy (non-hydrogen) atoms. The summed E-state index contributed by atoms with van der Waals surface area (Å²) >= 11 is 0. The van der Waals surface area contributed by atoms with Gasteiger partial charge in [-0.25, -0.2) is 0 Å². The van der Waals surface area contributed by atoms with Crippen molar-refractivity contribution < 1.29 is 9.53 Å². The Balaban J connectivity index is 1.45. The summed E-state index contributed by atoms with van der Waals surface area (Å²) in [6.07, 6.45) is 0. The second-order valence-electron chi connectivity index (χ2n) is 7.45. The highest BCUT2D eigenvalue weighted by Gasteiger charge is 2.21. The summed E-state index contributed by atoms with van der Waals surface area (Å²) in [5, 5.41) is 9.09. The fraction of sp³-hybridized carbons (Fsp3) is 0.391. The Kier molecular flexibility index (Phi) is 6.67. The Morgan fingerprint density at radius 2 is 1.75 bits per heavy atom. The van der Waals surface area contributed by atoms with Crippen LogP contribution >= 0.6 is 0 Å². The molecule has 1 amide bonds. The molecule has 0 atom stereocenters. The summed E-state index contributed by atoms with van der Waals surface area (Å²) in [5.74, 6) is 0.974. The van der Waals surface area contributed by atoms with Gasteiger partial charge in [0.05, 0.1) is 5.56 Å². The van der Waals surface area contributed by atoms with Crippen molar-refractivity contribution in [3.8, 4) is 11.8 Å². The molecule has 5 nitrogen and oxygen atoms in total. The first-order valence-electron chi connectivity index (χ1n) is 9.77. The normalized spacial score (nSPS) is 14.7. The largest absolute Gasteiger partial charge is 0.482 e. The zero-order valence-corrected chi connectivity index (χ0v) is 16.6. The quantitative estimate of drug-likeness (QED) is 0.774. The average Bonchev–Trinajstić information content (AvgIpc) is 2.73. The minimum absolute atomic E-state index is 0.0324. The first-order chi connectivity index (χ1) is 13.6. The van der Waals surface area contributed by atoms with Crippen molar-refractivity contribution in [2.24, 2.45) is 0 Å². The van der Waals surface area contributed by atoms with Gasteiger partial charge in [0, 0.05) is 32.7 Å². The summed E-state index contributed by atoms with van der Waals surface area (Å²) in [6, 6.07) is 17.9. The van der Waals surface area contributed by atoms with Gasteiger partial charge in [-0.1, -0.05) is 50.2 Å². The van der Waals surface area contributed by atoms with E-state index in [0.717, 1.165) is 19.6 Å². The van der Waals surface area contributed by atoms with Crippen LogP contribution in [0.2, 0.25) is 0 Å². The molecule has 1 aliphatic heterocycles. The first kappa shape index (κ1) is 19.9. The smallest absolute Gasteiger partial charge is 0.260 e. The van der Waals surface area contributed by atoms with Crippen molar-refractivity contribution in [3.05, 3.63) is 65.2 Å². The van der Waals surface area contributed by atoms with E-state index in [4.69, 9.17) is 10.00 Å². The number of benzene rings is 2. The van der Waals surface area contributed by atoms with Gasteiger partial charge in [0.15, 0.2) is 6.61 Å². The number of carbonyl (C=O) groups excluding carboxylic acids is 1. The minimum Gasteiger partial charge on any atom is -0.482 e. The highest BCUT2D eigenvalue weighted by molar-refractivity contribution is 5.78. The van der Waals surface area contributed by atoms with E-state index >= 15 is 0 Å². The lowest BCUT2D eigenvalue weighted by atomic mass is 10.0. The van der Waals surface area contributed by atoms with E-state index in [0.29, 0.717) is 30.3 Å².